The number of carbonyl (C=O) groups is 1. The molecule has 7 nitrogen and oxygen atoms in total. The first-order chi connectivity index (χ1) is 8.47. The summed E-state index contributed by atoms with van der Waals surface area (Å²) in [4.78, 5) is 21.0. The van der Waals surface area contributed by atoms with Gasteiger partial charge in [0.2, 0.25) is 0 Å². The van der Waals surface area contributed by atoms with Gasteiger partial charge >= 0.3 is 11.7 Å². The molecule has 18 heavy (non-hydrogen) atoms. The fourth-order valence-corrected chi connectivity index (χ4v) is 2.61. The first-order valence-corrected chi connectivity index (χ1v) is 6.52. The largest absolute Gasteiger partial charge is 0.481 e. The maximum Gasteiger partial charge on any atom is 0.323 e. The standard InChI is InChI=1S/C10H15N3O4S/c1-3-5-12-10(18-6-4-8(14)15)9(13(16)17)7(2)11-12/h3-6H2,1-2H3,(H,14,15). The molecule has 1 N–H and O–H groups in total. The Labute approximate surface area is 108 Å². The minimum Gasteiger partial charge on any atom is -0.481 e. The van der Waals surface area contributed by atoms with Gasteiger partial charge in [0.05, 0.1) is 11.3 Å². The average Bonchev–Trinajstić information content (AvgIpc) is 2.55. The van der Waals surface area contributed by atoms with Crippen molar-refractivity contribution in [3.05, 3.63) is 15.8 Å². The summed E-state index contributed by atoms with van der Waals surface area (Å²) in [5.41, 5.74) is 0.352. The van der Waals surface area contributed by atoms with Crippen molar-refractivity contribution in [1.82, 2.24) is 9.78 Å². The molecule has 0 aliphatic carbocycles. The molecular weight excluding hydrogens is 258 g/mol. The number of nitrogens with zero attached hydrogens (tertiary/aromatic N) is 3. The van der Waals surface area contributed by atoms with E-state index in [2.05, 4.69) is 5.10 Å². The summed E-state index contributed by atoms with van der Waals surface area (Å²) >= 11 is 1.17. The number of carboxylic acid groups (broad SMARTS) is 1. The van der Waals surface area contributed by atoms with Gasteiger partial charge in [-0.3, -0.25) is 19.6 Å². The first-order valence-electron chi connectivity index (χ1n) is 5.53. The van der Waals surface area contributed by atoms with E-state index in [-0.39, 0.29) is 12.1 Å². The third-order valence-corrected chi connectivity index (χ3v) is 3.31. The van der Waals surface area contributed by atoms with E-state index in [1.807, 2.05) is 6.92 Å². The Bertz CT molecular complexity index is 458. The van der Waals surface area contributed by atoms with Gasteiger partial charge in [-0.1, -0.05) is 18.7 Å². The van der Waals surface area contributed by atoms with Gasteiger partial charge in [0.25, 0.3) is 0 Å². The Morgan fingerprint density at radius 2 is 2.28 bits per heavy atom. The van der Waals surface area contributed by atoms with Crippen LogP contribution < -0.4 is 0 Å². The average molecular weight is 273 g/mol. The summed E-state index contributed by atoms with van der Waals surface area (Å²) < 4.78 is 1.58. The fraction of sp³-hybridized carbons (Fsp3) is 0.600. The molecule has 0 spiro atoms. The molecule has 1 rings (SSSR count). The predicted molar refractivity (Wildman–Crippen MR) is 66.9 cm³/mol. The number of carboxylic acids is 1. The highest BCUT2D eigenvalue weighted by atomic mass is 32.2. The zero-order valence-corrected chi connectivity index (χ0v) is 11.1. The SMILES string of the molecule is CCCn1nc(C)c([N+](=O)[O-])c1SCCC(=O)O. The van der Waals surface area contributed by atoms with Crippen LogP contribution >= 0.6 is 11.8 Å². The second-order valence-electron chi connectivity index (χ2n) is 3.71. The number of hydrogen-bond donors (Lipinski definition) is 1. The van der Waals surface area contributed by atoms with E-state index in [0.29, 0.717) is 23.0 Å². The fourth-order valence-electron chi connectivity index (χ4n) is 1.50. The van der Waals surface area contributed by atoms with Crippen LogP contribution in [0.1, 0.15) is 25.5 Å². The van der Waals surface area contributed by atoms with Gasteiger partial charge in [0.1, 0.15) is 5.69 Å². The second-order valence-corrected chi connectivity index (χ2v) is 4.80. The summed E-state index contributed by atoms with van der Waals surface area (Å²) in [5, 5.41) is 24.1. The van der Waals surface area contributed by atoms with Crippen molar-refractivity contribution < 1.29 is 14.8 Å². The van der Waals surface area contributed by atoms with Gasteiger partial charge in [-0.05, 0) is 13.3 Å². The first kappa shape index (κ1) is 14.5. The number of aliphatic carboxylic acids is 1. The molecule has 0 aromatic carbocycles. The molecule has 0 bridgehead atoms. The molecular formula is C10H15N3O4S. The highest BCUT2D eigenvalue weighted by Gasteiger charge is 2.25. The van der Waals surface area contributed by atoms with Gasteiger partial charge in [0.15, 0.2) is 5.03 Å². The van der Waals surface area contributed by atoms with Gasteiger partial charge in [-0.25, -0.2) is 0 Å². The zero-order chi connectivity index (χ0) is 13.7. The normalized spacial score (nSPS) is 10.6. The Morgan fingerprint density at radius 3 is 2.78 bits per heavy atom. The van der Waals surface area contributed by atoms with Crippen molar-refractivity contribution in [2.75, 3.05) is 5.75 Å². The lowest BCUT2D eigenvalue weighted by atomic mass is 10.4. The Hall–Kier alpha value is -1.57. The molecule has 0 saturated heterocycles. The number of hydrogen-bond acceptors (Lipinski definition) is 5. The Balaban J connectivity index is 2.96. The Kier molecular flexibility index (Phi) is 5.14. The smallest absolute Gasteiger partial charge is 0.323 e. The molecule has 1 aromatic rings. The third kappa shape index (κ3) is 3.46. The van der Waals surface area contributed by atoms with Gasteiger partial charge in [-0.2, -0.15) is 5.10 Å². The van der Waals surface area contributed by atoms with Crippen LogP contribution in [0.15, 0.2) is 5.03 Å². The minimum atomic E-state index is -0.913. The maximum atomic E-state index is 11.0. The number of aryl methyl sites for hydroxylation is 2. The monoisotopic (exact) mass is 273 g/mol. The number of aromatic nitrogens is 2. The van der Waals surface area contributed by atoms with Crippen LogP contribution in [0.3, 0.4) is 0 Å². The Morgan fingerprint density at radius 1 is 1.61 bits per heavy atom. The van der Waals surface area contributed by atoms with Crippen LogP contribution in [0.5, 0.6) is 0 Å². The highest BCUT2D eigenvalue weighted by molar-refractivity contribution is 7.99. The highest BCUT2D eigenvalue weighted by Crippen LogP contribution is 2.32. The van der Waals surface area contributed by atoms with Crippen LogP contribution in [0.25, 0.3) is 0 Å². The minimum absolute atomic E-state index is 0.0150. The third-order valence-electron chi connectivity index (χ3n) is 2.22. The second kappa shape index (κ2) is 6.39. The molecule has 0 amide bonds. The topological polar surface area (TPSA) is 98.3 Å². The van der Waals surface area contributed by atoms with Crippen LogP contribution in [-0.4, -0.2) is 31.5 Å². The summed E-state index contributed by atoms with van der Waals surface area (Å²) in [6.07, 6.45) is 0.781. The molecule has 0 aliphatic heterocycles. The summed E-state index contributed by atoms with van der Waals surface area (Å²) in [7, 11) is 0. The van der Waals surface area contributed by atoms with Crippen molar-refractivity contribution in [3.63, 3.8) is 0 Å². The van der Waals surface area contributed by atoms with Crippen LogP contribution in [0, 0.1) is 17.0 Å². The summed E-state index contributed by atoms with van der Waals surface area (Å²) in [6, 6.07) is 0. The van der Waals surface area contributed by atoms with Crippen molar-refractivity contribution in [2.45, 2.75) is 38.3 Å². The van der Waals surface area contributed by atoms with Crippen LogP contribution in [0.2, 0.25) is 0 Å². The van der Waals surface area contributed by atoms with E-state index in [4.69, 9.17) is 5.11 Å². The lowest BCUT2D eigenvalue weighted by molar-refractivity contribution is -0.388. The molecule has 0 unspecified atom stereocenters. The van der Waals surface area contributed by atoms with Gasteiger partial charge < -0.3 is 5.11 Å². The lowest BCUT2D eigenvalue weighted by Gasteiger charge is -2.03. The van der Waals surface area contributed by atoms with Crippen molar-refractivity contribution >= 4 is 23.4 Å². The molecule has 0 aliphatic rings. The van der Waals surface area contributed by atoms with E-state index in [9.17, 15) is 14.9 Å². The number of thioether (sulfide) groups is 1. The quantitative estimate of drug-likeness (QED) is 0.464. The van der Waals surface area contributed by atoms with E-state index in [0.717, 1.165) is 6.42 Å². The maximum absolute atomic E-state index is 11.0. The van der Waals surface area contributed by atoms with Crippen molar-refractivity contribution in [1.29, 1.82) is 0 Å². The molecule has 1 aromatic heterocycles. The van der Waals surface area contributed by atoms with Crippen LogP contribution in [-0.2, 0) is 11.3 Å². The van der Waals surface area contributed by atoms with E-state index < -0.39 is 10.9 Å². The lowest BCUT2D eigenvalue weighted by Crippen LogP contribution is -2.03. The van der Waals surface area contributed by atoms with Gasteiger partial charge in [0, 0.05) is 12.3 Å². The van der Waals surface area contributed by atoms with E-state index in [1.54, 1.807) is 11.6 Å². The van der Waals surface area contributed by atoms with Gasteiger partial charge in [-0.15, -0.1) is 0 Å². The predicted octanol–water partition coefficient (Wildman–Crippen LogP) is 2.08. The number of nitro groups is 1. The van der Waals surface area contributed by atoms with Crippen LogP contribution in [0.4, 0.5) is 5.69 Å². The molecule has 8 heteroatoms. The molecule has 1 heterocycles. The number of rotatable bonds is 7. The van der Waals surface area contributed by atoms with E-state index in [1.165, 1.54) is 11.8 Å². The summed E-state index contributed by atoms with van der Waals surface area (Å²) in [6.45, 7) is 4.13. The molecule has 100 valence electrons. The molecule has 0 atom stereocenters. The van der Waals surface area contributed by atoms with Crippen molar-refractivity contribution in [2.24, 2.45) is 0 Å². The van der Waals surface area contributed by atoms with Crippen molar-refractivity contribution in [3.8, 4) is 0 Å². The summed E-state index contributed by atoms with van der Waals surface area (Å²) in [5.74, 6) is -0.617. The van der Waals surface area contributed by atoms with E-state index >= 15 is 0 Å². The molecule has 0 fully saturated rings. The molecule has 0 radical (unpaired) electrons. The zero-order valence-electron chi connectivity index (χ0n) is 10.3. The molecule has 0 saturated carbocycles.